The number of nitrogens with one attached hydrogen (secondary N) is 1. The van der Waals surface area contributed by atoms with Gasteiger partial charge in [0.2, 0.25) is 0 Å². The van der Waals surface area contributed by atoms with E-state index in [9.17, 15) is 4.79 Å². The molecule has 0 fully saturated rings. The van der Waals surface area contributed by atoms with Gasteiger partial charge in [-0.15, -0.1) is 0 Å². The summed E-state index contributed by atoms with van der Waals surface area (Å²) in [4.78, 5) is 11.9. The van der Waals surface area contributed by atoms with Gasteiger partial charge in [-0.05, 0) is 50.9 Å². The number of benzene rings is 1. The van der Waals surface area contributed by atoms with Crippen LogP contribution in [0, 0.1) is 0 Å². The summed E-state index contributed by atoms with van der Waals surface area (Å²) in [6, 6.07) is 7.87. The van der Waals surface area contributed by atoms with Crippen molar-refractivity contribution in [1.29, 1.82) is 0 Å². The van der Waals surface area contributed by atoms with Crippen LogP contribution in [0.4, 0.5) is 0 Å². The van der Waals surface area contributed by atoms with E-state index in [4.69, 9.17) is 10.5 Å². The predicted octanol–water partition coefficient (Wildman–Crippen LogP) is 1.87. The van der Waals surface area contributed by atoms with Gasteiger partial charge in [0, 0.05) is 6.04 Å². The third-order valence-electron chi connectivity index (χ3n) is 3.01. The van der Waals surface area contributed by atoms with Crippen LogP contribution in [0.5, 0.6) is 5.75 Å². The van der Waals surface area contributed by atoms with E-state index < -0.39 is 6.10 Å². The number of rotatable bonds is 7. The minimum absolute atomic E-state index is 0.0847. The second kappa shape index (κ2) is 7.79. The van der Waals surface area contributed by atoms with Crippen LogP contribution >= 0.6 is 0 Å². The summed E-state index contributed by atoms with van der Waals surface area (Å²) in [5, 5.41) is 2.91. The van der Waals surface area contributed by atoms with E-state index in [1.165, 1.54) is 0 Å². The zero-order valence-electron chi connectivity index (χ0n) is 12.0. The van der Waals surface area contributed by atoms with E-state index in [1.807, 2.05) is 38.1 Å². The van der Waals surface area contributed by atoms with Gasteiger partial charge in [0.25, 0.3) is 5.91 Å². The highest BCUT2D eigenvalue weighted by Gasteiger charge is 2.16. The number of carbonyl (C=O) groups is 1. The van der Waals surface area contributed by atoms with Crippen molar-refractivity contribution in [3.8, 4) is 5.75 Å². The lowest BCUT2D eigenvalue weighted by Gasteiger charge is -2.18. The number of hydrogen-bond acceptors (Lipinski definition) is 3. The quantitative estimate of drug-likeness (QED) is 0.790. The molecule has 106 valence electrons. The third kappa shape index (κ3) is 5.30. The van der Waals surface area contributed by atoms with Crippen LogP contribution < -0.4 is 15.8 Å². The van der Waals surface area contributed by atoms with Crippen molar-refractivity contribution in [1.82, 2.24) is 5.32 Å². The van der Waals surface area contributed by atoms with Crippen molar-refractivity contribution < 1.29 is 9.53 Å². The van der Waals surface area contributed by atoms with Crippen molar-refractivity contribution in [2.24, 2.45) is 5.73 Å². The summed E-state index contributed by atoms with van der Waals surface area (Å²) >= 11 is 0. The Hall–Kier alpha value is -1.55. The summed E-state index contributed by atoms with van der Waals surface area (Å²) in [5.41, 5.74) is 6.65. The predicted molar refractivity (Wildman–Crippen MR) is 77.2 cm³/mol. The zero-order valence-corrected chi connectivity index (χ0v) is 12.0. The van der Waals surface area contributed by atoms with Crippen molar-refractivity contribution in [2.75, 3.05) is 6.54 Å². The van der Waals surface area contributed by atoms with Crippen molar-refractivity contribution in [3.05, 3.63) is 29.8 Å². The van der Waals surface area contributed by atoms with Gasteiger partial charge in [0.15, 0.2) is 6.10 Å². The summed E-state index contributed by atoms with van der Waals surface area (Å²) in [6.45, 7) is 6.38. The van der Waals surface area contributed by atoms with Gasteiger partial charge in [-0.1, -0.05) is 19.1 Å². The molecule has 0 saturated carbocycles. The Morgan fingerprint density at radius 3 is 2.79 bits per heavy atom. The Morgan fingerprint density at radius 2 is 2.16 bits per heavy atom. The molecule has 0 heterocycles. The first kappa shape index (κ1) is 15.5. The number of amides is 1. The lowest BCUT2D eigenvalue weighted by atomic mass is 10.1. The van der Waals surface area contributed by atoms with E-state index in [2.05, 4.69) is 5.32 Å². The molecule has 1 rings (SSSR count). The van der Waals surface area contributed by atoms with E-state index in [0.29, 0.717) is 12.3 Å². The molecule has 0 aliphatic heterocycles. The zero-order chi connectivity index (χ0) is 14.3. The molecule has 3 N–H and O–H groups in total. The summed E-state index contributed by atoms with van der Waals surface area (Å²) in [7, 11) is 0. The van der Waals surface area contributed by atoms with E-state index in [1.54, 1.807) is 6.92 Å². The first-order chi connectivity index (χ1) is 9.06. The molecule has 4 nitrogen and oxygen atoms in total. The standard InChI is InChI=1S/C15H24N2O2/c1-4-11(2)17-15(18)12(3)19-14-7-5-6-13(10-14)8-9-16/h5-7,10-12H,4,8-9,16H2,1-3H3,(H,17,18). The summed E-state index contributed by atoms with van der Waals surface area (Å²) in [6.07, 6.45) is 1.22. The molecule has 1 amide bonds. The maximum Gasteiger partial charge on any atom is 0.260 e. The molecular weight excluding hydrogens is 240 g/mol. The first-order valence-electron chi connectivity index (χ1n) is 6.82. The molecule has 2 unspecified atom stereocenters. The smallest absolute Gasteiger partial charge is 0.260 e. The Labute approximate surface area is 115 Å². The van der Waals surface area contributed by atoms with E-state index in [-0.39, 0.29) is 11.9 Å². The molecule has 19 heavy (non-hydrogen) atoms. The topological polar surface area (TPSA) is 64.3 Å². The lowest BCUT2D eigenvalue weighted by molar-refractivity contribution is -0.127. The average Bonchev–Trinajstić information content (AvgIpc) is 2.39. The molecule has 0 radical (unpaired) electrons. The van der Waals surface area contributed by atoms with E-state index in [0.717, 1.165) is 18.4 Å². The maximum atomic E-state index is 11.9. The Kier molecular flexibility index (Phi) is 6.36. The minimum Gasteiger partial charge on any atom is -0.481 e. The van der Waals surface area contributed by atoms with Gasteiger partial charge in [0.05, 0.1) is 0 Å². The molecular formula is C15H24N2O2. The lowest BCUT2D eigenvalue weighted by Crippen LogP contribution is -2.40. The van der Waals surface area contributed by atoms with Crippen LogP contribution in [0.15, 0.2) is 24.3 Å². The summed E-state index contributed by atoms with van der Waals surface area (Å²) in [5.74, 6) is 0.622. The molecule has 0 aliphatic carbocycles. The fourth-order valence-electron chi connectivity index (χ4n) is 1.66. The minimum atomic E-state index is -0.498. The van der Waals surface area contributed by atoms with Crippen LogP contribution in [0.25, 0.3) is 0 Å². The van der Waals surface area contributed by atoms with Gasteiger partial charge < -0.3 is 15.8 Å². The van der Waals surface area contributed by atoms with Crippen LogP contribution in [-0.4, -0.2) is 24.6 Å². The molecule has 1 aromatic rings. The highest BCUT2D eigenvalue weighted by Crippen LogP contribution is 2.15. The van der Waals surface area contributed by atoms with Crippen molar-refractivity contribution in [2.45, 2.75) is 45.8 Å². The van der Waals surface area contributed by atoms with Crippen LogP contribution in [-0.2, 0) is 11.2 Å². The molecule has 0 saturated heterocycles. The van der Waals surface area contributed by atoms with Crippen LogP contribution in [0.2, 0.25) is 0 Å². The van der Waals surface area contributed by atoms with Gasteiger partial charge in [-0.25, -0.2) is 0 Å². The first-order valence-corrected chi connectivity index (χ1v) is 6.82. The molecule has 0 aromatic heterocycles. The SMILES string of the molecule is CCC(C)NC(=O)C(C)Oc1cccc(CCN)c1. The van der Waals surface area contributed by atoms with Crippen molar-refractivity contribution >= 4 is 5.91 Å². The number of hydrogen-bond donors (Lipinski definition) is 2. The second-order valence-electron chi connectivity index (χ2n) is 4.76. The fraction of sp³-hybridized carbons (Fsp3) is 0.533. The highest BCUT2D eigenvalue weighted by atomic mass is 16.5. The largest absolute Gasteiger partial charge is 0.481 e. The normalized spacial score (nSPS) is 13.7. The van der Waals surface area contributed by atoms with Gasteiger partial charge in [-0.2, -0.15) is 0 Å². The van der Waals surface area contributed by atoms with Gasteiger partial charge in [-0.3, -0.25) is 4.79 Å². The molecule has 0 bridgehead atoms. The Morgan fingerprint density at radius 1 is 1.42 bits per heavy atom. The number of carbonyl (C=O) groups excluding carboxylic acids is 1. The monoisotopic (exact) mass is 264 g/mol. The molecule has 0 spiro atoms. The highest BCUT2D eigenvalue weighted by molar-refractivity contribution is 5.80. The third-order valence-corrected chi connectivity index (χ3v) is 3.01. The molecule has 1 aromatic carbocycles. The summed E-state index contributed by atoms with van der Waals surface area (Å²) < 4.78 is 5.66. The number of ether oxygens (including phenoxy) is 1. The molecule has 0 aliphatic rings. The maximum absolute atomic E-state index is 11.9. The van der Waals surface area contributed by atoms with Gasteiger partial charge >= 0.3 is 0 Å². The van der Waals surface area contributed by atoms with E-state index >= 15 is 0 Å². The molecule has 4 heteroatoms. The second-order valence-corrected chi connectivity index (χ2v) is 4.76. The Balaban J connectivity index is 2.58. The molecule has 2 atom stereocenters. The van der Waals surface area contributed by atoms with Crippen molar-refractivity contribution in [3.63, 3.8) is 0 Å². The van der Waals surface area contributed by atoms with Gasteiger partial charge in [0.1, 0.15) is 5.75 Å². The fourth-order valence-corrected chi connectivity index (χ4v) is 1.66. The van der Waals surface area contributed by atoms with Crippen LogP contribution in [0.3, 0.4) is 0 Å². The average molecular weight is 264 g/mol. The number of nitrogens with two attached hydrogens (primary N) is 1. The van der Waals surface area contributed by atoms with Crippen LogP contribution in [0.1, 0.15) is 32.8 Å². The Bertz CT molecular complexity index is 407.